The molecule has 5 nitrogen and oxygen atoms in total. The zero-order valence-corrected chi connectivity index (χ0v) is 12.4. The van der Waals surface area contributed by atoms with E-state index in [9.17, 15) is 0 Å². The molecular weight excluding hydrogens is 264 g/mol. The Kier molecular flexibility index (Phi) is 3.22. The van der Waals surface area contributed by atoms with Gasteiger partial charge in [0.15, 0.2) is 5.65 Å². The summed E-state index contributed by atoms with van der Waals surface area (Å²) in [6, 6.07) is 4.19. The van der Waals surface area contributed by atoms with Crippen LogP contribution in [0.4, 0.5) is 5.95 Å². The summed E-state index contributed by atoms with van der Waals surface area (Å²) in [7, 11) is 0. The number of nitrogens with zero attached hydrogens (tertiary/aromatic N) is 4. The van der Waals surface area contributed by atoms with E-state index in [1.54, 1.807) is 0 Å². The maximum Gasteiger partial charge on any atom is 0.227 e. The van der Waals surface area contributed by atoms with E-state index < -0.39 is 0 Å². The van der Waals surface area contributed by atoms with Gasteiger partial charge in [0.1, 0.15) is 0 Å². The van der Waals surface area contributed by atoms with Crippen molar-refractivity contribution < 1.29 is 4.74 Å². The van der Waals surface area contributed by atoms with Gasteiger partial charge in [-0.15, -0.1) is 0 Å². The molecule has 1 saturated heterocycles. The number of anilines is 1. The van der Waals surface area contributed by atoms with Crippen LogP contribution in [0.5, 0.6) is 0 Å². The molecule has 1 aliphatic heterocycles. The molecule has 0 amide bonds. The van der Waals surface area contributed by atoms with Gasteiger partial charge in [0.25, 0.3) is 0 Å². The number of hydrogen-bond donors (Lipinski definition) is 0. The zero-order valence-electron chi connectivity index (χ0n) is 12.4. The molecule has 1 saturated carbocycles. The first-order valence-electron chi connectivity index (χ1n) is 7.79. The van der Waals surface area contributed by atoms with Crippen LogP contribution in [-0.4, -0.2) is 41.3 Å². The average Bonchev–Trinajstić information content (AvgIpc) is 2.46. The van der Waals surface area contributed by atoms with Crippen molar-refractivity contribution >= 4 is 17.0 Å². The first-order valence-corrected chi connectivity index (χ1v) is 7.79. The fourth-order valence-corrected chi connectivity index (χ4v) is 3.01. The summed E-state index contributed by atoms with van der Waals surface area (Å²) in [6.07, 6.45) is 3.79. The lowest BCUT2D eigenvalue weighted by Gasteiger charge is -2.30. The summed E-state index contributed by atoms with van der Waals surface area (Å²) in [5.41, 5.74) is 3.04. The van der Waals surface area contributed by atoms with E-state index in [0.717, 1.165) is 49.0 Å². The Morgan fingerprint density at radius 3 is 2.62 bits per heavy atom. The number of pyridine rings is 1. The second-order valence-corrected chi connectivity index (χ2v) is 5.96. The van der Waals surface area contributed by atoms with Crippen LogP contribution >= 0.6 is 0 Å². The molecule has 0 bridgehead atoms. The van der Waals surface area contributed by atoms with Gasteiger partial charge in [-0.25, -0.2) is 9.97 Å². The van der Waals surface area contributed by atoms with Crippen LogP contribution in [-0.2, 0) is 4.74 Å². The van der Waals surface area contributed by atoms with E-state index in [-0.39, 0.29) is 0 Å². The Balaban J connectivity index is 1.83. The summed E-state index contributed by atoms with van der Waals surface area (Å²) in [6.45, 7) is 5.24. The highest BCUT2D eigenvalue weighted by Crippen LogP contribution is 2.38. The molecule has 1 aliphatic carbocycles. The quantitative estimate of drug-likeness (QED) is 0.847. The predicted molar refractivity (Wildman–Crippen MR) is 81.7 cm³/mol. The van der Waals surface area contributed by atoms with Crippen LogP contribution in [0.25, 0.3) is 11.0 Å². The topological polar surface area (TPSA) is 51.1 Å². The molecule has 0 N–H and O–H groups in total. The number of rotatable bonds is 2. The molecule has 0 atom stereocenters. The summed E-state index contributed by atoms with van der Waals surface area (Å²) >= 11 is 0. The van der Waals surface area contributed by atoms with Crippen LogP contribution in [0, 0.1) is 6.92 Å². The molecule has 0 aromatic carbocycles. The Morgan fingerprint density at radius 1 is 1.10 bits per heavy atom. The molecular formula is C16H20N4O. The molecule has 110 valence electrons. The van der Waals surface area contributed by atoms with Crippen LogP contribution in [0.2, 0.25) is 0 Å². The summed E-state index contributed by atoms with van der Waals surface area (Å²) in [5.74, 6) is 1.41. The molecule has 2 fully saturated rings. The summed E-state index contributed by atoms with van der Waals surface area (Å²) < 4.78 is 5.42. The Morgan fingerprint density at radius 2 is 1.90 bits per heavy atom. The maximum atomic E-state index is 5.42. The van der Waals surface area contributed by atoms with Gasteiger partial charge in [-0.1, -0.05) is 6.42 Å². The maximum absolute atomic E-state index is 5.42. The third kappa shape index (κ3) is 2.35. The van der Waals surface area contributed by atoms with Gasteiger partial charge in [0.05, 0.1) is 18.9 Å². The fraction of sp³-hybridized carbons (Fsp3) is 0.562. The van der Waals surface area contributed by atoms with Gasteiger partial charge in [0, 0.05) is 30.1 Å². The van der Waals surface area contributed by atoms with Crippen LogP contribution in [0.15, 0.2) is 12.1 Å². The monoisotopic (exact) mass is 284 g/mol. The van der Waals surface area contributed by atoms with Gasteiger partial charge in [-0.3, -0.25) is 0 Å². The first kappa shape index (κ1) is 13.0. The van der Waals surface area contributed by atoms with E-state index in [0.29, 0.717) is 5.92 Å². The Labute approximate surface area is 124 Å². The lowest BCUT2D eigenvalue weighted by atomic mass is 9.82. The normalized spacial score (nSPS) is 19.8. The van der Waals surface area contributed by atoms with Crippen LogP contribution < -0.4 is 4.90 Å². The van der Waals surface area contributed by atoms with Crippen molar-refractivity contribution in [2.75, 3.05) is 31.2 Å². The smallest absolute Gasteiger partial charge is 0.227 e. The van der Waals surface area contributed by atoms with E-state index in [1.807, 2.05) is 6.92 Å². The van der Waals surface area contributed by atoms with Crippen molar-refractivity contribution in [3.8, 4) is 0 Å². The number of ether oxygens (including phenoxy) is 1. The van der Waals surface area contributed by atoms with Crippen molar-refractivity contribution in [1.29, 1.82) is 0 Å². The van der Waals surface area contributed by atoms with Crippen LogP contribution in [0.3, 0.4) is 0 Å². The summed E-state index contributed by atoms with van der Waals surface area (Å²) in [5, 5.41) is 1.13. The molecule has 5 heteroatoms. The van der Waals surface area contributed by atoms with Crippen molar-refractivity contribution in [2.45, 2.75) is 32.1 Å². The molecule has 2 aliphatic rings. The number of hydrogen-bond acceptors (Lipinski definition) is 5. The largest absolute Gasteiger partial charge is 0.378 e. The number of fused-ring (bicyclic) bond motifs is 1. The van der Waals surface area contributed by atoms with Crippen molar-refractivity contribution in [1.82, 2.24) is 15.0 Å². The number of morpholine rings is 1. The lowest BCUT2D eigenvalue weighted by molar-refractivity contribution is 0.122. The summed E-state index contributed by atoms with van der Waals surface area (Å²) in [4.78, 5) is 16.4. The fourth-order valence-electron chi connectivity index (χ4n) is 3.01. The number of aromatic nitrogens is 3. The van der Waals surface area contributed by atoms with E-state index in [2.05, 4.69) is 22.0 Å². The highest BCUT2D eigenvalue weighted by molar-refractivity contribution is 5.79. The molecule has 4 rings (SSSR count). The molecule has 0 spiro atoms. The van der Waals surface area contributed by atoms with Gasteiger partial charge in [0.2, 0.25) is 5.95 Å². The number of aryl methyl sites for hydroxylation is 1. The second-order valence-electron chi connectivity index (χ2n) is 5.96. The van der Waals surface area contributed by atoms with Gasteiger partial charge in [-0.2, -0.15) is 4.98 Å². The standard InChI is InChI=1S/C16H20N4O/c1-11-5-6-13-14(12-3-2-4-12)18-16(19-15(13)17-11)20-7-9-21-10-8-20/h5-6,12H,2-4,7-10H2,1H3. The second kappa shape index (κ2) is 5.22. The van der Waals surface area contributed by atoms with Gasteiger partial charge < -0.3 is 9.64 Å². The average molecular weight is 284 g/mol. The minimum atomic E-state index is 0.583. The minimum Gasteiger partial charge on any atom is -0.378 e. The third-order valence-corrected chi connectivity index (χ3v) is 4.50. The van der Waals surface area contributed by atoms with E-state index >= 15 is 0 Å². The van der Waals surface area contributed by atoms with E-state index in [4.69, 9.17) is 14.7 Å². The third-order valence-electron chi connectivity index (χ3n) is 4.50. The van der Waals surface area contributed by atoms with Crippen LogP contribution in [0.1, 0.15) is 36.6 Å². The van der Waals surface area contributed by atoms with Gasteiger partial charge in [-0.05, 0) is 31.9 Å². The molecule has 0 radical (unpaired) electrons. The van der Waals surface area contributed by atoms with E-state index in [1.165, 1.54) is 25.0 Å². The minimum absolute atomic E-state index is 0.583. The van der Waals surface area contributed by atoms with Crippen molar-refractivity contribution in [3.05, 3.63) is 23.5 Å². The van der Waals surface area contributed by atoms with Crippen molar-refractivity contribution in [2.24, 2.45) is 0 Å². The highest BCUT2D eigenvalue weighted by Gasteiger charge is 2.26. The molecule has 3 heterocycles. The zero-order chi connectivity index (χ0) is 14.2. The molecule has 2 aromatic heterocycles. The Hall–Kier alpha value is -1.75. The predicted octanol–water partition coefficient (Wildman–Crippen LogP) is 2.44. The molecule has 0 unspecified atom stereocenters. The SMILES string of the molecule is Cc1ccc2c(C3CCC3)nc(N3CCOCC3)nc2n1. The molecule has 2 aromatic rings. The lowest BCUT2D eigenvalue weighted by Crippen LogP contribution is -2.37. The Bertz CT molecular complexity index is 663. The van der Waals surface area contributed by atoms with Crippen molar-refractivity contribution in [3.63, 3.8) is 0 Å². The highest BCUT2D eigenvalue weighted by atomic mass is 16.5. The first-order chi connectivity index (χ1) is 10.3. The van der Waals surface area contributed by atoms with Gasteiger partial charge >= 0.3 is 0 Å². The molecule has 21 heavy (non-hydrogen) atoms.